The molecule has 1 aliphatic rings. The van der Waals surface area contributed by atoms with Crippen LogP contribution in [0.5, 0.6) is 0 Å². The molecule has 2 N–H and O–H groups in total. The molecule has 1 heterocycles. The first-order valence-electron chi connectivity index (χ1n) is 7.77. The van der Waals surface area contributed by atoms with Crippen molar-refractivity contribution in [2.45, 2.75) is 44.9 Å². The second kappa shape index (κ2) is 7.00. The van der Waals surface area contributed by atoms with Crippen molar-refractivity contribution in [3.8, 4) is 0 Å². The predicted molar refractivity (Wildman–Crippen MR) is 86.2 cm³/mol. The predicted octanol–water partition coefficient (Wildman–Crippen LogP) is 2.41. The Hall–Kier alpha value is -2.08. The third-order valence-electron chi connectivity index (χ3n) is 3.65. The van der Waals surface area contributed by atoms with E-state index in [-0.39, 0.29) is 6.04 Å². The Balaban J connectivity index is 1.98. The van der Waals surface area contributed by atoms with Crippen molar-refractivity contribution in [3.05, 3.63) is 35.9 Å². The van der Waals surface area contributed by atoms with Gasteiger partial charge in [-0.05, 0) is 32.8 Å². The van der Waals surface area contributed by atoms with E-state index in [1.807, 2.05) is 56.0 Å². The first-order valence-corrected chi connectivity index (χ1v) is 7.77. The first kappa shape index (κ1) is 17.3. The van der Waals surface area contributed by atoms with Crippen molar-refractivity contribution < 1.29 is 19.4 Å². The number of benzene rings is 1. The molecular weight excluding hydrogens is 296 g/mol. The van der Waals surface area contributed by atoms with Gasteiger partial charge in [0.25, 0.3) is 0 Å². The van der Waals surface area contributed by atoms with Crippen LogP contribution in [0.25, 0.3) is 0 Å². The number of ether oxygens (including phenoxy) is 1. The van der Waals surface area contributed by atoms with Gasteiger partial charge in [-0.2, -0.15) is 0 Å². The molecule has 0 unspecified atom stereocenters. The van der Waals surface area contributed by atoms with Crippen molar-refractivity contribution in [2.24, 2.45) is 0 Å². The summed E-state index contributed by atoms with van der Waals surface area (Å²) in [7, 11) is 0. The van der Waals surface area contributed by atoms with Gasteiger partial charge in [0.05, 0.1) is 0 Å². The van der Waals surface area contributed by atoms with E-state index < -0.39 is 23.7 Å². The smallest absolute Gasteiger partial charge is 0.407 e. The largest absolute Gasteiger partial charge is 0.480 e. The van der Waals surface area contributed by atoms with Gasteiger partial charge in [-0.15, -0.1) is 0 Å². The fourth-order valence-electron chi connectivity index (χ4n) is 2.76. The zero-order chi connectivity index (χ0) is 17.0. The number of rotatable bonds is 4. The lowest BCUT2D eigenvalue weighted by molar-refractivity contribution is -0.143. The number of carboxylic acids is 1. The Morgan fingerprint density at radius 1 is 1.30 bits per heavy atom. The second-order valence-electron chi connectivity index (χ2n) is 6.78. The number of carboxylic acid groups (broad SMARTS) is 1. The number of aliphatic carboxylic acids is 1. The van der Waals surface area contributed by atoms with Gasteiger partial charge in [-0.25, -0.2) is 4.79 Å². The highest BCUT2D eigenvalue weighted by Crippen LogP contribution is 2.25. The highest BCUT2D eigenvalue weighted by atomic mass is 16.6. The quantitative estimate of drug-likeness (QED) is 0.890. The number of likely N-dealkylation sites (tertiary alicyclic amines) is 1. The van der Waals surface area contributed by atoms with Gasteiger partial charge < -0.3 is 15.2 Å². The Bertz CT molecular complexity index is 553. The monoisotopic (exact) mass is 320 g/mol. The van der Waals surface area contributed by atoms with Crippen LogP contribution < -0.4 is 5.32 Å². The number of hydrogen-bond acceptors (Lipinski definition) is 4. The first-order chi connectivity index (χ1) is 10.8. The van der Waals surface area contributed by atoms with Crippen LogP contribution >= 0.6 is 0 Å². The van der Waals surface area contributed by atoms with E-state index >= 15 is 0 Å². The summed E-state index contributed by atoms with van der Waals surface area (Å²) < 4.78 is 5.24. The summed E-state index contributed by atoms with van der Waals surface area (Å²) in [6.07, 6.45) is 0.242. The van der Waals surface area contributed by atoms with Crippen molar-refractivity contribution in [3.63, 3.8) is 0 Å². The van der Waals surface area contributed by atoms with Gasteiger partial charge in [-0.1, -0.05) is 30.3 Å². The second-order valence-corrected chi connectivity index (χ2v) is 6.78. The minimum atomic E-state index is -0.880. The van der Waals surface area contributed by atoms with Crippen LogP contribution in [-0.4, -0.2) is 46.8 Å². The fraction of sp³-hybridized carbons (Fsp3) is 0.529. The zero-order valence-electron chi connectivity index (χ0n) is 13.8. The van der Waals surface area contributed by atoms with E-state index in [1.54, 1.807) is 0 Å². The highest BCUT2D eigenvalue weighted by Gasteiger charge is 2.34. The molecule has 0 spiro atoms. The molecule has 126 valence electrons. The van der Waals surface area contributed by atoms with Crippen molar-refractivity contribution in [1.82, 2.24) is 10.2 Å². The molecule has 1 aliphatic heterocycles. The summed E-state index contributed by atoms with van der Waals surface area (Å²) in [5.74, 6) is -0.880. The molecular formula is C17H24N2O4. The van der Waals surface area contributed by atoms with E-state index in [0.717, 1.165) is 5.56 Å². The lowest BCUT2D eigenvalue weighted by atomic mass is 10.1. The number of amides is 1. The topological polar surface area (TPSA) is 78.9 Å². The number of nitrogens with zero attached hydrogens (tertiary/aromatic N) is 1. The molecule has 1 saturated heterocycles. The van der Waals surface area contributed by atoms with Crippen LogP contribution in [0, 0.1) is 0 Å². The molecule has 2 atom stereocenters. The van der Waals surface area contributed by atoms with E-state index in [9.17, 15) is 14.7 Å². The minimum absolute atomic E-state index is 0.101. The summed E-state index contributed by atoms with van der Waals surface area (Å²) >= 11 is 0. The Labute approximate surface area is 136 Å². The molecule has 6 heteroatoms. The molecule has 0 aromatic heterocycles. The Morgan fingerprint density at radius 2 is 1.96 bits per heavy atom. The van der Waals surface area contributed by atoms with Crippen LogP contribution in [0.2, 0.25) is 0 Å². The van der Waals surface area contributed by atoms with Crippen LogP contribution in [0.3, 0.4) is 0 Å². The maximum Gasteiger partial charge on any atom is 0.407 e. The van der Waals surface area contributed by atoms with Crippen molar-refractivity contribution in [1.29, 1.82) is 0 Å². The van der Waals surface area contributed by atoms with E-state index in [4.69, 9.17) is 4.74 Å². The van der Waals surface area contributed by atoms with Gasteiger partial charge >= 0.3 is 12.1 Å². The highest BCUT2D eigenvalue weighted by molar-refractivity contribution is 5.75. The van der Waals surface area contributed by atoms with Crippen LogP contribution in [0.15, 0.2) is 30.3 Å². The van der Waals surface area contributed by atoms with Crippen molar-refractivity contribution >= 4 is 12.1 Å². The molecule has 1 aromatic rings. The summed E-state index contributed by atoms with van der Waals surface area (Å²) in [5, 5.41) is 12.4. The van der Waals surface area contributed by atoms with Crippen LogP contribution in [0.4, 0.5) is 4.79 Å². The molecule has 0 saturated carbocycles. The maximum absolute atomic E-state index is 11.8. The number of carbonyl (C=O) groups excluding carboxylic acids is 1. The standard InChI is InChI=1S/C17H24N2O4/c1-17(2,3)23-16(22)18-13-9-10-19(11-13)14(15(20)21)12-7-5-4-6-8-12/h4-8,13-14H,9-11H2,1-3H3,(H,18,22)(H,20,21)/t13-,14-/m0/s1. The minimum Gasteiger partial charge on any atom is -0.480 e. The third kappa shape index (κ3) is 4.96. The number of alkyl carbamates (subject to hydrolysis) is 1. The van der Waals surface area contributed by atoms with Crippen LogP contribution in [-0.2, 0) is 9.53 Å². The average Bonchev–Trinajstić information content (AvgIpc) is 2.85. The molecule has 2 rings (SSSR count). The Kier molecular flexibility index (Phi) is 5.26. The fourth-order valence-corrected chi connectivity index (χ4v) is 2.76. The number of hydrogen-bond donors (Lipinski definition) is 2. The summed E-state index contributed by atoms with van der Waals surface area (Å²) in [6, 6.07) is 8.35. The number of carbonyl (C=O) groups is 2. The molecule has 1 amide bonds. The van der Waals surface area contributed by atoms with Gasteiger partial charge in [0.1, 0.15) is 11.6 Å². The lowest BCUT2D eigenvalue weighted by Crippen LogP contribution is -2.41. The van der Waals surface area contributed by atoms with E-state index in [2.05, 4.69) is 5.32 Å². The molecule has 6 nitrogen and oxygen atoms in total. The van der Waals surface area contributed by atoms with E-state index in [1.165, 1.54) is 0 Å². The average molecular weight is 320 g/mol. The van der Waals surface area contributed by atoms with Gasteiger partial charge in [0.15, 0.2) is 0 Å². The molecule has 0 radical (unpaired) electrons. The number of nitrogens with one attached hydrogen (secondary N) is 1. The maximum atomic E-state index is 11.8. The SMILES string of the molecule is CC(C)(C)OC(=O)N[C@H]1CCN([C@H](C(=O)O)c2ccccc2)C1. The van der Waals surface area contributed by atoms with Crippen molar-refractivity contribution in [2.75, 3.05) is 13.1 Å². The molecule has 1 fully saturated rings. The summed E-state index contributed by atoms with van der Waals surface area (Å²) in [5.41, 5.74) is 0.202. The van der Waals surface area contributed by atoms with Gasteiger partial charge in [0, 0.05) is 19.1 Å². The molecule has 0 bridgehead atoms. The lowest BCUT2D eigenvalue weighted by Gasteiger charge is -2.25. The van der Waals surface area contributed by atoms with Gasteiger partial charge in [-0.3, -0.25) is 9.69 Å². The van der Waals surface area contributed by atoms with E-state index in [0.29, 0.717) is 19.5 Å². The molecule has 1 aromatic carbocycles. The molecule has 23 heavy (non-hydrogen) atoms. The summed E-state index contributed by atoms with van der Waals surface area (Å²) in [6.45, 7) is 6.54. The van der Waals surface area contributed by atoms with Gasteiger partial charge in [0.2, 0.25) is 0 Å². The zero-order valence-corrected chi connectivity index (χ0v) is 13.8. The normalized spacial score (nSPS) is 20.0. The van der Waals surface area contributed by atoms with Crippen LogP contribution in [0.1, 0.15) is 38.8 Å². The third-order valence-corrected chi connectivity index (χ3v) is 3.65. The Morgan fingerprint density at radius 3 is 2.52 bits per heavy atom. The molecule has 0 aliphatic carbocycles. The summed E-state index contributed by atoms with van der Waals surface area (Å²) in [4.78, 5) is 25.4.